The molecule has 20 heavy (non-hydrogen) atoms. The van der Waals surface area contributed by atoms with Crippen molar-refractivity contribution in [1.82, 2.24) is 0 Å². The smallest absolute Gasteiger partial charge is 0.118 e. The lowest BCUT2D eigenvalue weighted by Gasteiger charge is -2.39. The molecule has 3 nitrogen and oxygen atoms in total. The second-order valence-electron chi connectivity index (χ2n) is 5.57. The van der Waals surface area contributed by atoms with E-state index in [1.165, 1.54) is 12.1 Å². The molecule has 2 N–H and O–H groups in total. The molecule has 0 saturated heterocycles. The maximum Gasteiger partial charge on any atom is 0.118 e. The number of hydrogen-bond donors (Lipinski definition) is 2. The average Bonchev–Trinajstić information content (AvgIpc) is 2.53. The van der Waals surface area contributed by atoms with Crippen molar-refractivity contribution >= 4 is 0 Å². The molecule has 0 spiro atoms. The topological polar surface area (TPSA) is 33.9 Å². The summed E-state index contributed by atoms with van der Waals surface area (Å²) in [6.45, 7) is -5.86. The fraction of sp³-hybridized carbons (Fsp3) is 0.647. The van der Waals surface area contributed by atoms with E-state index in [4.69, 9.17) is 17.1 Å². The second-order valence-corrected chi connectivity index (χ2v) is 5.57. The number of benzene rings is 1. The van der Waals surface area contributed by atoms with Crippen LogP contribution in [-0.2, 0) is 0 Å². The van der Waals surface area contributed by atoms with Crippen LogP contribution in [0.1, 0.15) is 55.9 Å². The third kappa shape index (κ3) is 3.53. The van der Waals surface area contributed by atoms with Gasteiger partial charge in [-0.25, -0.2) is 0 Å². The number of ether oxygens (including phenoxy) is 1. The highest BCUT2D eigenvalue weighted by Crippen LogP contribution is 2.39. The van der Waals surface area contributed by atoms with Crippen LogP contribution in [0.3, 0.4) is 0 Å². The molecule has 0 unspecified atom stereocenters. The van der Waals surface area contributed by atoms with E-state index in [1.807, 2.05) is 0 Å². The quantitative estimate of drug-likeness (QED) is 0.863. The Morgan fingerprint density at radius 3 is 2.55 bits per heavy atom. The lowest BCUT2D eigenvalue weighted by atomic mass is 9.72. The Balaban J connectivity index is 2.40. The predicted molar refractivity (Wildman–Crippen MR) is 81.4 cm³/mol. The zero-order chi connectivity index (χ0) is 22.1. The average molecular weight is 287 g/mol. The largest absolute Gasteiger partial charge is 0.497 e. The van der Waals surface area contributed by atoms with E-state index in [2.05, 4.69) is 0 Å². The summed E-state index contributed by atoms with van der Waals surface area (Å²) < 4.78 is 72.5. The Kier molecular flexibility index (Phi) is 2.40. The highest BCUT2D eigenvalue weighted by atomic mass is 16.5. The van der Waals surface area contributed by atoms with Gasteiger partial charge in [0, 0.05) is 0 Å². The summed E-state index contributed by atoms with van der Waals surface area (Å²) in [6.07, 6.45) is 3.38. The molecule has 0 heterocycles. The molecule has 1 saturated carbocycles. The Labute approximate surface area is 135 Å². The normalized spacial score (nSPS) is 28.4. The summed E-state index contributed by atoms with van der Waals surface area (Å²) in [5, 5.41) is 11.3. The van der Waals surface area contributed by atoms with Gasteiger partial charge < -0.3 is 14.7 Å². The van der Waals surface area contributed by atoms with Crippen molar-refractivity contribution in [2.45, 2.75) is 43.6 Å². The molecule has 1 aliphatic rings. The number of quaternary nitrogens is 1. The van der Waals surface area contributed by atoms with Gasteiger partial charge in [-0.15, -0.1) is 0 Å². The third-order valence-electron chi connectivity index (χ3n) is 4.18. The number of aliphatic hydroxyl groups is 1. The molecule has 0 bridgehead atoms. The maximum atomic E-state index is 11.3. The molecule has 1 fully saturated rings. The van der Waals surface area contributed by atoms with Crippen molar-refractivity contribution in [2.75, 3.05) is 27.5 Å². The van der Waals surface area contributed by atoms with Crippen LogP contribution in [0.15, 0.2) is 24.3 Å². The fourth-order valence-corrected chi connectivity index (χ4v) is 3.10. The minimum atomic E-state index is -2.78. The third-order valence-corrected chi connectivity index (χ3v) is 4.18. The molecule has 3 heteroatoms. The first-order valence-corrected chi connectivity index (χ1v) is 7.00. The van der Waals surface area contributed by atoms with E-state index in [1.54, 1.807) is 12.1 Å². The molecule has 1 aromatic rings. The minimum absolute atomic E-state index is 0.110. The fourth-order valence-electron chi connectivity index (χ4n) is 3.10. The number of rotatable bonds is 5. The zero-order valence-corrected chi connectivity index (χ0v) is 11.5. The Morgan fingerprint density at radius 1 is 1.25 bits per heavy atom. The molecule has 1 aromatic carbocycles. The summed E-state index contributed by atoms with van der Waals surface area (Å²) >= 11 is 0. The summed E-state index contributed by atoms with van der Waals surface area (Å²) in [5.41, 5.74) is -0.676. The van der Waals surface area contributed by atoms with Gasteiger partial charge in [-0.05, 0) is 30.5 Å². The lowest BCUT2D eigenvalue weighted by molar-refractivity contribution is -0.860. The van der Waals surface area contributed by atoms with E-state index in [9.17, 15) is 5.11 Å². The summed E-state index contributed by atoms with van der Waals surface area (Å²) in [6, 6.07) is 6.00. The summed E-state index contributed by atoms with van der Waals surface area (Å²) in [5.74, 6) is -0.626. The first kappa shape index (κ1) is 7.28. The monoisotopic (exact) mass is 287 g/mol. The van der Waals surface area contributed by atoms with E-state index >= 15 is 0 Å². The SMILES string of the molecule is [2H]C([2H])([2H])Oc1ccc([C@@H](C[NH+](C([2H])([2H])[2H])C([2H])([2H])[2H])C2(O)CCCCC2)cc1. The Morgan fingerprint density at radius 2 is 1.95 bits per heavy atom. The van der Waals surface area contributed by atoms with Gasteiger partial charge in [0.25, 0.3) is 0 Å². The van der Waals surface area contributed by atoms with Crippen LogP contribution in [0.4, 0.5) is 0 Å². The van der Waals surface area contributed by atoms with Crippen molar-refractivity contribution in [3.63, 3.8) is 0 Å². The molecule has 0 amide bonds. The van der Waals surface area contributed by atoms with Crippen LogP contribution in [0.25, 0.3) is 0 Å². The highest BCUT2D eigenvalue weighted by molar-refractivity contribution is 5.31. The number of hydrogen-bond acceptors (Lipinski definition) is 2. The predicted octanol–water partition coefficient (Wildman–Crippen LogP) is 1.62. The van der Waals surface area contributed by atoms with Crippen molar-refractivity contribution in [1.29, 1.82) is 0 Å². The summed E-state index contributed by atoms with van der Waals surface area (Å²) in [4.78, 5) is -0.559. The van der Waals surface area contributed by atoms with Crippen molar-refractivity contribution < 1.29 is 27.1 Å². The van der Waals surface area contributed by atoms with Gasteiger partial charge >= 0.3 is 0 Å². The van der Waals surface area contributed by atoms with Gasteiger partial charge in [-0.1, -0.05) is 31.4 Å². The first-order chi connectivity index (χ1) is 13.1. The Bertz CT molecular complexity index is 647. The van der Waals surface area contributed by atoms with Crippen LogP contribution in [0.2, 0.25) is 0 Å². The van der Waals surface area contributed by atoms with Crippen LogP contribution in [0, 0.1) is 0 Å². The van der Waals surface area contributed by atoms with Crippen molar-refractivity contribution in [3.05, 3.63) is 29.8 Å². The molecular formula is C17H28NO2+. The highest BCUT2D eigenvalue weighted by Gasteiger charge is 2.40. The number of likely N-dealkylation sites (N-methyl/N-ethyl adjacent to an activating group) is 1. The maximum absolute atomic E-state index is 11.3. The number of methoxy groups -OCH3 is 1. The van der Waals surface area contributed by atoms with Crippen LogP contribution < -0.4 is 9.64 Å². The van der Waals surface area contributed by atoms with Crippen molar-refractivity contribution in [2.24, 2.45) is 0 Å². The molecule has 0 aromatic heterocycles. The standard InChI is InChI=1S/C17H27NO2/c1-18(2)13-16(17(19)11-5-4-6-12-17)14-7-9-15(20-3)10-8-14/h7-10,16,19H,4-6,11-13H2,1-3H3/p+1/t16-/m1/s1/i1D3,2D3,3D3. The molecule has 0 radical (unpaired) electrons. The van der Waals surface area contributed by atoms with E-state index in [-0.39, 0.29) is 12.3 Å². The van der Waals surface area contributed by atoms with Gasteiger partial charge in [0.2, 0.25) is 0 Å². The second kappa shape index (κ2) is 6.59. The number of nitrogens with one attached hydrogen (secondary N) is 1. The molecule has 2 rings (SSSR count). The molecule has 1 aliphatic carbocycles. The van der Waals surface area contributed by atoms with Crippen LogP contribution in [0.5, 0.6) is 5.75 Å². The van der Waals surface area contributed by atoms with Gasteiger partial charge in [-0.3, -0.25) is 0 Å². The minimum Gasteiger partial charge on any atom is -0.497 e. The first-order valence-electron chi connectivity index (χ1n) is 11.5. The van der Waals surface area contributed by atoms with Gasteiger partial charge in [0.1, 0.15) is 5.75 Å². The molecule has 0 aliphatic heterocycles. The lowest BCUT2D eigenvalue weighted by Crippen LogP contribution is -3.06. The Hall–Kier alpha value is -1.06. The van der Waals surface area contributed by atoms with Gasteiger partial charge in [-0.2, -0.15) is 0 Å². The van der Waals surface area contributed by atoms with E-state index in [0.717, 1.165) is 19.3 Å². The van der Waals surface area contributed by atoms with E-state index in [0.29, 0.717) is 18.4 Å². The molecular weight excluding hydrogens is 250 g/mol. The van der Waals surface area contributed by atoms with Gasteiger partial charge in [0.15, 0.2) is 0 Å². The van der Waals surface area contributed by atoms with Crippen LogP contribution >= 0.6 is 0 Å². The van der Waals surface area contributed by atoms with Crippen molar-refractivity contribution in [3.8, 4) is 5.75 Å². The molecule has 112 valence electrons. The van der Waals surface area contributed by atoms with Crippen LogP contribution in [-0.4, -0.2) is 38.2 Å². The summed E-state index contributed by atoms with van der Waals surface area (Å²) in [7, 11) is -2.61. The zero-order valence-electron chi connectivity index (χ0n) is 20.5. The molecule has 1 atom stereocenters. The van der Waals surface area contributed by atoms with Gasteiger partial charge in [0.05, 0.1) is 51.4 Å². The van der Waals surface area contributed by atoms with E-state index < -0.39 is 37.4 Å².